The topological polar surface area (TPSA) is 29.1 Å². The molecule has 0 amide bonds. The van der Waals surface area contributed by atoms with Crippen molar-refractivity contribution in [1.82, 2.24) is 5.32 Å². The quantitative estimate of drug-likeness (QED) is 0.660. The summed E-state index contributed by atoms with van der Waals surface area (Å²) in [7, 11) is 0. The van der Waals surface area contributed by atoms with Gasteiger partial charge in [-0.2, -0.15) is 0 Å². The van der Waals surface area contributed by atoms with E-state index in [4.69, 9.17) is 0 Å². The van der Waals surface area contributed by atoms with Gasteiger partial charge in [-0.25, -0.2) is 4.39 Å². The van der Waals surface area contributed by atoms with E-state index in [2.05, 4.69) is 21.2 Å². The molecule has 4 heteroatoms. The monoisotopic (exact) mass is 273 g/mol. The normalized spacial score (nSPS) is 10.3. The number of rotatable bonds is 5. The summed E-state index contributed by atoms with van der Waals surface area (Å²) in [4.78, 5) is 11.6. The highest BCUT2D eigenvalue weighted by molar-refractivity contribution is 9.10. The highest BCUT2D eigenvalue weighted by Gasteiger charge is 2.12. The van der Waals surface area contributed by atoms with Crippen LogP contribution in [0.3, 0.4) is 0 Å². The standard InChI is InChI=1S/C11H13BrFNO/c1-2-14-7-6-10(15)8-4-3-5-9(12)11(8)13/h3-5,14H,2,6-7H2,1H3. The largest absolute Gasteiger partial charge is 0.317 e. The summed E-state index contributed by atoms with van der Waals surface area (Å²) in [6.07, 6.45) is 0.321. The lowest BCUT2D eigenvalue weighted by molar-refractivity contribution is 0.0979. The van der Waals surface area contributed by atoms with Crippen molar-refractivity contribution in [2.45, 2.75) is 13.3 Å². The fourth-order valence-electron chi connectivity index (χ4n) is 1.23. The van der Waals surface area contributed by atoms with Crippen LogP contribution in [-0.4, -0.2) is 18.9 Å². The van der Waals surface area contributed by atoms with Gasteiger partial charge in [0.2, 0.25) is 0 Å². The lowest BCUT2D eigenvalue weighted by Gasteiger charge is -2.04. The predicted molar refractivity (Wildman–Crippen MR) is 61.6 cm³/mol. The number of ketones is 1. The molecule has 0 spiro atoms. The Hall–Kier alpha value is -0.740. The summed E-state index contributed by atoms with van der Waals surface area (Å²) in [5, 5.41) is 3.03. The third-order valence-electron chi connectivity index (χ3n) is 2.03. The van der Waals surface area contributed by atoms with E-state index in [0.717, 1.165) is 6.54 Å². The fourth-order valence-corrected chi connectivity index (χ4v) is 1.60. The van der Waals surface area contributed by atoms with Crippen LogP contribution in [0.25, 0.3) is 0 Å². The predicted octanol–water partition coefficient (Wildman–Crippen LogP) is 2.77. The van der Waals surface area contributed by atoms with Crippen molar-refractivity contribution < 1.29 is 9.18 Å². The van der Waals surface area contributed by atoms with Crippen LogP contribution >= 0.6 is 15.9 Å². The molecule has 0 aromatic heterocycles. The van der Waals surface area contributed by atoms with Gasteiger partial charge in [-0.3, -0.25) is 4.79 Å². The zero-order valence-electron chi connectivity index (χ0n) is 8.52. The molecule has 0 radical (unpaired) electrons. The minimum absolute atomic E-state index is 0.155. The minimum atomic E-state index is -0.473. The molecular weight excluding hydrogens is 261 g/mol. The Labute approximate surface area is 97.0 Å². The Balaban J connectivity index is 2.69. The number of carbonyl (C=O) groups is 1. The highest BCUT2D eigenvalue weighted by Crippen LogP contribution is 2.19. The van der Waals surface area contributed by atoms with Crippen LogP contribution in [0, 0.1) is 5.82 Å². The van der Waals surface area contributed by atoms with Crippen LogP contribution < -0.4 is 5.32 Å². The minimum Gasteiger partial charge on any atom is -0.317 e. The van der Waals surface area contributed by atoms with Crippen LogP contribution in [0.4, 0.5) is 4.39 Å². The molecule has 15 heavy (non-hydrogen) atoms. The molecule has 0 unspecified atom stereocenters. The number of nitrogens with one attached hydrogen (secondary N) is 1. The highest BCUT2D eigenvalue weighted by atomic mass is 79.9. The van der Waals surface area contributed by atoms with Gasteiger partial charge in [0.15, 0.2) is 5.78 Å². The third-order valence-corrected chi connectivity index (χ3v) is 2.64. The van der Waals surface area contributed by atoms with Crippen LogP contribution in [0.5, 0.6) is 0 Å². The van der Waals surface area contributed by atoms with Gasteiger partial charge in [-0.15, -0.1) is 0 Å². The maximum atomic E-state index is 13.5. The van der Waals surface area contributed by atoms with Crippen molar-refractivity contribution in [2.24, 2.45) is 0 Å². The van der Waals surface area contributed by atoms with E-state index in [1.807, 2.05) is 6.92 Å². The zero-order valence-corrected chi connectivity index (χ0v) is 10.1. The Bertz CT molecular complexity index is 354. The van der Waals surface area contributed by atoms with Crippen molar-refractivity contribution in [3.05, 3.63) is 34.1 Å². The van der Waals surface area contributed by atoms with Gasteiger partial charge >= 0.3 is 0 Å². The van der Waals surface area contributed by atoms with Crippen molar-refractivity contribution in [1.29, 1.82) is 0 Å². The summed E-state index contributed by atoms with van der Waals surface area (Å²) < 4.78 is 13.8. The van der Waals surface area contributed by atoms with E-state index in [1.165, 1.54) is 6.07 Å². The molecule has 0 bridgehead atoms. The van der Waals surface area contributed by atoms with Gasteiger partial charge in [-0.05, 0) is 34.6 Å². The van der Waals surface area contributed by atoms with E-state index >= 15 is 0 Å². The van der Waals surface area contributed by atoms with Crippen LogP contribution in [0.15, 0.2) is 22.7 Å². The lowest BCUT2D eigenvalue weighted by Crippen LogP contribution is -2.18. The van der Waals surface area contributed by atoms with Crippen molar-refractivity contribution in [3.8, 4) is 0 Å². The summed E-state index contributed by atoms with van der Waals surface area (Å²) in [6.45, 7) is 3.36. The second-order valence-corrected chi connectivity index (χ2v) is 3.98. The van der Waals surface area contributed by atoms with Crippen molar-refractivity contribution in [2.75, 3.05) is 13.1 Å². The van der Waals surface area contributed by atoms with E-state index < -0.39 is 5.82 Å². The molecule has 0 saturated carbocycles. The zero-order chi connectivity index (χ0) is 11.3. The maximum Gasteiger partial charge on any atom is 0.167 e. The van der Waals surface area contributed by atoms with E-state index in [1.54, 1.807) is 12.1 Å². The van der Waals surface area contributed by atoms with Gasteiger partial charge in [0.05, 0.1) is 10.0 Å². The average Bonchev–Trinajstić information content (AvgIpc) is 2.22. The van der Waals surface area contributed by atoms with Gasteiger partial charge in [0.25, 0.3) is 0 Å². The van der Waals surface area contributed by atoms with Crippen LogP contribution in [0.2, 0.25) is 0 Å². The summed E-state index contributed by atoms with van der Waals surface area (Å²) in [6, 6.07) is 4.75. The lowest BCUT2D eigenvalue weighted by atomic mass is 10.1. The molecule has 0 heterocycles. The van der Waals surface area contributed by atoms with Crippen molar-refractivity contribution in [3.63, 3.8) is 0 Å². The SMILES string of the molecule is CCNCCC(=O)c1cccc(Br)c1F. The van der Waals surface area contributed by atoms with Gasteiger partial charge in [0.1, 0.15) is 5.82 Å². The summed E-state index contributed by atoms with van der Waals surface area (Å²) >= 11 is 3.05. The first-order valence-corrected chi connectivity index (χ1v) is 5.64. The summed E-state index contributed by atoms with van der Waals surface area (Å²) in [5.74, 6) is -0.645. The number of hydrogen-bond acceptors (Lipinski definition) is 2. The number of halogens is 2. The third kappa shape index (κ3) is 3.39. The van der Waals surface area contributed by atoms with Crippen molar-refractivity contribution >= 4 is 21.7 Å². The fraction of sp³-hybridized carbons (Fsp3) is 0.364. The van der Waals surface area contributed by atoms with Crippen LogP contribution in [0.1, 0.15) is 23.7 Å². The average molecular weight is 274 g/mol. The Morgan fingerprint density at radius 3 is 2.93 bits per heavy atom. The van der Waals surface area contributed by atoms with Crippen LogP contribution in [-0.2, 0) is 0 Å². The van der Waals surface area contributed by atoms with Gasteiger partial charge in [-0.1, -0.05) is 13.0 Å². The molecule has 82 valence electrons. The molecule has 1 rings (SSSR count). The first-order chi connectivity index (χ1) is 7.16. The van der Waals surface area contributed by atoms with E-state index in [9.17, 15) is 9.18 Å². The smallest absolute Gasteiger partial charge is 0.167 e. The summed E-state index contributed by atoms with van der Waals surface area (Å²) in [5.41, 5.74) is 0.155. The number of carbonyl (C=O) groups excluding carboxylic acids is 1. The molecule has 0 saturated heterocycles. The van der Waals surface area contributed by atoms with E-state index in [0.29, 0.717) is 17.4 Å². The first kappa shape index (κ1) is 12.3. The molecule has 0 aliphatic heterocycles. The molecule has 0 aliphatic rings. The Morgan fingerprint density at radius 1 is 1.53 bits per heavy atom. The number of Topliss-reactive ketones (excluding diaryl/α,β-unsaturated/α-hetero) is 1. The van der Waals surface area contributed by atoms with E-state index in [-0.39, 0.29) is 11.3 Å². The molecule has 1 N–H and O–H groups in total. The molecule has 2 nitrogen and oxygen atoms in total. The Morgan fingerprint density at radius 2 is 2.27 bits per heavy atom. The van der Waals surface area contributed by atoms with Gasteiger partial charge in [0, 0.05) is 13.0 Å². The maximum absolute atomic E-state index is 13.5. The molecule has 1 aromatic rings. The first-order valence-electron chi connectivity index (χ1n) is 4.84. The Kier molecular flexibility index (Phi) is 4.91. The van der Waals surface area contributed by atoms with Gasteiger partial charge < -0.3 is 5.32 Å². The molecule has 0 atom stereocenters. The second kappa shape index (κ2) is 5.98. The molecular formula is C11H13BrFNO. The molecule has 1 aromatic carbocycles. The number of hydrogen-bond donors (Lipinski definition) is 1. The molecule has 0 fully saturated rings. The molecule has 0 aliphatic carbocycles. The number of benzene rings is 1. The second-order valence-electron chi connectivity index (χ2n) is 3.13.